The van der Waals surface area contributed by atoms with Crippen LogP contribution >= 0.6 is 23.2 Å². The highest BCUT2D eigenvalue weighted by Crippen LogP contribution is 2.30. The second-order valence-corrected chi connectivity index (χ2v) is 5.63. The average molecular weight is 364 g/mol. The second kappa shape index (κ2) is 7.47. The summed E-state index contributed by atoms with van der Waals surface area (Å²) >= 11 is 11.9. The quantitative estimate of drug-likeness (QED) is 0.629. The predicted molar refractivity (Wildman–Crippen MR) is 92.5 cm³/mol. The maximum absolute atomic E-state index is 13.6. The van der Waals surface area contributed by atoms with Crippen molar-refractivity contribution in [1.29, 1.82) is 0 Å². The van der Waals surface area contributed by atoms with Gasteiger partial charge in [0, 0.05) is 5.69 Å². The molecule has 3 aromatic rings. The summed E-state index contributed by atoms with van der Waals surface area (Å²) in [7, 11) is 0. The van der Waals surface area contributed by atoms with Gasteiger partial charge in [-0.15, -0.1) is 0 Å². The SMILES string of the molecule is Fc1cnc(Cl)nc1Nc1ccc(OCc2ccccc2)c(Cl)c1. The molecule has 24 heavy (non-hydrogen) atoms. The largest absolute Gasteiger partial charge is 0.487 e. The Morgan fingerprint density at radius 2 is 1.88 bits per heavy atom. The summed E-state index contributed by atoms with van der Waals surface area (Å²) in [4.78, 5) is 7.35. The Morgan fingerprint density at radius 1 is 1.08 bits per heavy atom. The normalized spacial score (nSPS) is 10.5. The average Bonchev–Trinajstić information content (AvgIpc) is 2.58. The lowest BCUT2D eigenvalue weighted by atomic mass is 10.2. The lowest BCUT2D eigenvalue weighted by Crippen LogP contribution is -2.00. The number of nitrogens with zero attached hydrogens (tertiary/aromatic N) is 2. The van der Waals surface area contributed by atoms with E-state index in [2.05, 4.69) is 15.3 Å². The molecule has 0 unspecified atom stereocenters. The number of benzene rings is 2. The molecule has 1 heterocycles. The molecule has 3 rings (SSSR count). The Hall–Kier alpha value is -2.37. The highest BCUT2D eigenvalue weighted by atomic mass is 35.5. The standard InChI is InChI=1S/C17H12Cl2FN3O/c18-13-8-12(22-16-14(20)9-21-17(19)23-16)6-7-15(13)24-10-11-4-2-1-3-5-11/h1-9H,10H2,(H,21,22,23). The molecule has 0 radical (unpaired) electrons. The molecule has 0 aliphatic rings. The minimum atomic E-state index is -0.611. The molecule has 7 heteroatoms. The summed E-state index contributed by atoms with van der Waals surface area (Å²) in [5, 5.41) is 3.16. The maximum Gasteiger partial charge on any atom is 0.224 e. The number of halogens is 3. The first-order valence-electron chi connectivity index (χ1n) is 7.03. The van der Waals surface area contributed by atoms with Crippen LogP contribution in [-0.4, -0.2) is 9.97 Å². The van der Waals surface area contributed by atoms with Crippen molar-refractivity contribution in [2.24, 2.45) is 0 Å². The fourth-order valence-corrected chi connectivity index (χ4v) is 2.37. The van der Waals surface area contributed by atoms with Crippen molar-refractivity contribution in [2.45, 2.75) is 6.61 Å². The molecule has 1 N–H and O–H groups in total. The third-order valence-corrected chi connectivity index (χ3v) is 3.62. The Labute approximate surface area is 148 Å². The van der Waals surface area contributed by atoms with Gasteiger partial charge in [-0.05, 0) is 35.4 Å². The molecule has 0 atom stereocenters. The Morgan fingerprint density at radius 3 is 2.62 bits per heavy atom. The summed E-state index contributed by atoms with van der Waals surface area (Å²) in [5.41, 5.74) is 1.59. The third-order valence-electron chi connectivity index (χ3n) is 3.15. The fourth-order valence-electron chi connectivity index (χ4n) is 2.00. The minimum Gasteiger partial charge on any atom is -0.487 e. The van der Waals surface area contributed by atoms with E-state index in [1.807, 2.05) is 30.3 Å². The fraction of sp³-hybridized carbons (Fsp3) is 0.0588. The van der Waals surface area contributed by atoms with Crippen molar-refractivity contribution in [3.63, 3.8) is 0 Å². The van der Waals surface area contributed by atoms with Gasteiger partial charge < -0.3 is 10.1 Å². The molecule has 0 spiro atoms. The monoisotopic (exact) mass is 363 g/mol. The number of hydrogen-bond acceptors (Lipinski definition) is 4. The number of ether oxygens (including phenoxy) is 1. The van der Waals surface area contributed by atoms with E-state index < -0.39 is 5.82 Å². The van der Waals surface area contributed by atoms with Crippen LogP contribution in [0.15, 0.2) is 54.7 Å². The molecule has 0 fully saturated rings. The van der Waals surface area contributed by atoms with Crippen LogP contribution in [0.2, 0.25) is 10.3 Å². The number of nitrogens with one attached hydrogen (secondary N) is 1. The van der Waals surface area contributed by atoms with Gasteiger partial charge in [-0.25, -0.2) is 9.37 Å². The van der Waals surface area contributed by atoms with E-state index in [4.69, 9.17) is 27.9 Å². The van der Waals surface area contributed by atoms with Crippen LogP contribution in [0, 0.1) is 5.82 Å². The summed E-state index contributed by atoms with van der Waals surface area (Å²) in [6, 6.07) is 14.8. The predicted octanol–water partition coefficient (Wildman–Crippen LogP) is 5.25. The molecule has 0 amide bonds. The van der Waals surface area contributed by atoms with Crippen molar-refractivity contribution in [3.8, 4) is 5.75 Å². The van der Waals surface area contributed by atoms with E-state index in [9.17, 15) is 4.39 Å². The van der Waals surface area contributed by atoms with Crippen LogP contribution in [0.5, 0.6) is 5.75 Å². The molecule has 0 saturated carbocycles. The molecule has 1 aromatic heterocycles. The van der Waals surface area contributed by atoms with Crippen molar-refractivity contribution in [3.05, 3.63) is 76.4 Å². The van der Waals surface area contributed by atoms with Gasteiger partial charge in [-0.3, -0.25) is 0 Å². The first kappa shape index (κ1) is 16.5. The molecule has 0 aliphatic carbocycles. The van der Waals surface area contributed by atoms with Crippen LogP contribution in [0.3, 0.4) is 0 Å². The first-order chi connectivity index (χ1) is 11.6. The van der Waals surface area contributed by atoms with E-state index in [1.165, 1.54) is 0 Å². The summed E-state index contributed by atoms with van der Waals surface area (Å²) < 4.78 is 19.3. The zero-order valence-corrected chi connectivity index (χ0v) is 13.9. The van der Waals surface area contributed by atoms with Crippen molar-refractivity contribution in [1.82, 2.24) is 9.97 Å². The summed E-state index contributed by atoms with van der Waals surface area (Å²) in [6.45, 7) is 0.406. The molecule has 0 bridgehead atoms. The molecule has 0 aliphatic heterocycles. The molecule has 4 nitrogen and oxygen atoms in total. The van der Waals surface area contributed by atoms with Crippen LogP contribution in [0.4, 0.5) is 15.9 Å². The van der Waals surface area contributed by atoms with Crippen molar-refractivity contribution in [2.75, 3.05) is 5.32 Å². The first-order valence-corrected chi connectivity index (χ1v) is 7.79. The van der Waals surface area contributed by atoms with Gasteiger partial charge in [0.25, 0.3) is 0 Å². The van der Waals surface area contributed by atoms with E-state index in [-0.39, 0.29) is 11.1 Å². The van der Waals surface area contributed by atoms with Crippen LogP contribution in [0.1, 0.15) is 5.56 Å². The second-order valence-electron chi connectivity index (χ2n) is 4.88. The highest BCUT2D eigenvalue weighted by Gasteiger charge is 2.08. The van der Waals surface area contributed by atoms with Gasteiger partial charge >= 0.3 is 0 Å². The lowest BCUT2D eigenvalue weighted by Gasteiger charge is -2.11. The van der Waals surface area contributed by atoms with E-state index in [1.54, 1.807) is 18.2 Å². The van der Waals surface area contributed by atoms with Gasteiger partial charge in [0.1, 0.15) is 12.4 Å². The third kappa shape index (κ3) is 4.13. The van der Waals surface area contributed by atoms with E-state index in [0.717, 1.165) is 11.8 Å². The number of aromatic nitrogens is 2. The lowest BCUT2D eigenvalue weighted by molar-refractivity contribution is 0.306. The van der Waals surface area contributed by atoms with Gasteiger partial charge in [0.15, 0.2) is 11.6 Å². The van der Waals surface area contributed by atoms with E-state index in [0.29, 0.717) is 23.1 Å². The van der Waals surface area contributed by atoms with Gasteiger partial charge in [0.05, 0.1) is 11.2 Å². The van der Waals surface area contributed by atoms with Gasteiger partial charge in [-0.1, -0.05) is 41.9 Å². The Kier molecular flexibility index (Phi) is 5.13. The maximum atomic E-state index is 13.6. The Balaban J connectivity index is 1.71. The smallest absolute Gasteiger partial charge is 0.224 e. The van der Waals surface area contributed by atoms with Crippen molar-refractivity contribution < 1.29 is 9.13 Å². The molecule has 2 aromatic carbocycles. The zero-order chi connectivity index (χ0) is 16.9. The minimum absolute atomic E-state index is 0.0241. The topological polar surface area (TPSA) is 47.0 Å². The Bertz CT molecular complexity index is 846. The van der Waals surface area contributed by atoms with Gasteiger partial charge in [-0.2, -0.15) is 4.98 Å². The van der Waals surface area contributed by atoms with Crippen molar-refractivity contribution >= 4 is 34.7 Å². The number of rotatable bonds is 5. The summed E-state index contributed by atoms with van der Waals surface area (Å²) in [5.74, 6) is -0.101. The number of anilines is 2. The van der Waals surface area contributed by atoms with Crippen LogP contribution < -0.4 is 10.1 Å². The van der Waals surface area contributed by atoms with Gasteiger partial charge in [0.2, 0.25) is 5.28 Å². The highest BCUT2D eigenvalue weighted by molar-refractivity contribution is 6.32. The summed E-state index contributed by atoms with van der Waals surface area (Å²) in [6.07, 6.45) is 0.997. The van der Waals surface area contributed by atoms with Crippen LogP contribution in [-0.2, 0) is 6.61 Å². The molecule has 122 valence electrons. The number of hydrogen-bond donors (Lipinski definition) is 1. The van der Waals surface area contributed by atoms with Crippen LogP contribution in [0.25, 0.3) is 0 Å². The zero-order valence-electron chi connectivity index (χ0n) is 12.3. The molecule has 0 saturated heterocycles. The molecular weight excluding hydrogens is 352 g/mol. The molecular formula is C17H12Cl2FN3O. The van der Waals surface area contributed by atoms with E-state index >= 15 is 0 Å².